The maximum Gasteiger partial charge on any atom is 0.224 e. The first kappa shape index (κ1) is 18.7. The first-order chi connectivity index (χ1) is 9.19. The Balaban J connectivity index is 4.51. The predicted molar refractivity (Wildman–Crippen MR) is 85.6 cm³/mol. The normalized spacial score (nSPS) is 14.2. The minimum absolute atomic E-state index is 0.329. The smallest absolute Gasteiger partial charge is 0.224 e. The van der Waals surface area contributed by atoms with E-state index in [2.05, 4.69) is 36.4 Å². The Morgan fingerprint density at radius 2 is 1.85 bits per heavy atom. The fourth-order valence-electron chi connectivity index (χ4n) is 1.56. The van der Waals surface area contributed by atoms with E-state index >= 15 is 0 Å². The van der Waals surface area contributed by atoms with Crippen molar-refractivity contribution in [3.63, 3.8) is 0 Å². The van der Waals surface area contributed by atoms with Gasteiger partial charge in [-0.15, -0.1) is 0 Å². The van der Waals surface area contributed by atoms with Crippen molar-refractivity contribution in [1.82, 2.24) is 10.6 Å². The number of carbonyl (C=O) groups excluding carboxylic acids is 1. The van der Waals surface area contributed by atoms with E-state index in [1.807, 2.05) is 20.8 Å². The van der Waals surface area contributed by atoms with Crippen LogP contribution in [0.3, 0.4) is 0 Å². The molecule has 4 N–H and O–H groups in total. The van der Waals surface area contributed by atoms with Gasteiger partial charge in [-0.2, -0.15) is 0 Å². The van der Waals surface area contributed by atoms with Crippen LogP contribution in [0.1, 0.15) is 54.4 Å². The molecule has 0 aromatic heterocycles. The quantitative estimate of drug-likeness (QED) is 0.470. The average Bonchev–Trinajstić information content (AvgIpc) is 2.33. The molecule has 0 aromatic carbocycles. The zero-order valence-corrected chi connectivity index (χ0v) is 13.9. The SMILES string of the molecule is CCNC(=NCC(C)(C)C(N)=O)NC(C)CCC(C)C. The van der Waals surface area contributed by atoms with Crippen molar-refractivity contribution < 1.29 is 4.79 Å². The summed E-state index contributed by atoms with van der Waals surface area (Å²) in [6.07, 6.45) is 2.28. The molecule has 1 unspecified atom stereocenters. The maximum atomic E-state index is 11.3. The van der Waals surface area contributed by atoms with Gasteiger partial charge in [0.2, 0.25) is 5.91 Å². The third-order valence-corrected chi connectivity index (χ3v) is 3.20. The van der Waals surface area contributed by atoms with Gasteiger partial charge < -0.3 is 16.4 Å². The highest BCUT2D eigenvalue weighted by atomic mass is 16.1. The highest BCUT2D eigenvalue weighted by Gasteiger charge is 2.24. The van der Waals surface area contributed by atoms with Gasteiger partial charge in [-0.25, -0.2) is 0 Å². The standard InChI is InChI=1S/C15H32N4O/c1-7-17-14(18-10-15(5,6)13(16)20)19-12(4)9-8-11(2)3/h11-12H,7-10H2,1-6H3,(H2,16,20)(H2,17,18,19). The molecule has 0 aliphatic rings. The highest BCUT2D eigenvalue weighted by molar-refractivity contribution is 5.82. The third kappa shape index (κ3) is 8.02. The van der Waals surface area contributed by atoms with E-state index in [0.29, 0.717) is 18.5 Å². The Labute approximate surface area is 123 Å². The van der Waals surface area contributed by atoms with Crippen LogP contribution in [0, 0.1) is 11.3 Å². The molecule has 0 spiro atoms. The lowest BCUT2D eigenvalue weighted by atomic mass is 9.93. The van der Waals surface area contributed by atoms with Gasteiger partial charge in [-0.1, -0.05) is 13.8 Å². The topological polar surface area (TPSA) is 79.5 Å². The second-order valence-electron chi connectivity index (χ2n) is 6.46. The Morgan fingerprint density at radius 1 is 1.25 bits per heavy atom. The second kappa shape index (κ2) is 8.82. The summed E-state index contributed by atoms with van der Waals surface area (Å²) in [6.45, 7) is 13.4. The van der Waals surface area contributed by atoms with E-state index in [4.69, 9.17) is 5.73 Å². The van der Waals surface area contributed by atoms with E-state index in [1.54, 1.807) is 0 Å². The molecular weight excluding hydrogens is 252 g/mol. The summed E-state index contributed by atoms with van der Waals surface area (Å²) in [4.78, 5) is 15.8. The molecule has 0 radical (unpaired) electrons. The fraction of sp³-hybridized carbons (Fsp3) is 0.867. The van der Waals surface area contributed by atoms with Gasteiger partial charge >= 0.3 is 0 Å². The number of nitrogens with zero attached hydrogens (tertiary/aromatic N) is 1. The van der Waals surface area contributed by atoms with Gasteiger partial charge in [0.15, 0.2) is 5.96 Å². The van der Waals surface area contributed by atoms with Crippen LogP contribution in [0.15, 0.2) is 4.99 Å². The van der Waals surface area contributed by atoms with E-state index in [9.17, 15) is 4.79 Å². The van der Waals surface area contributed by atoms with E-state index in [0.717, 1.165) is 18.9 Å². The molecule has 1 atom stereocenters. The van der Waals surface area contributed by atoms with E-state index < -0.39 is 5.41 Å². The van der Waals surface area contributed by atoms with Crippen molar-refractivity contribution in [2.75, 3.05) is 13.1 Å². The molecule has 0 aliphatic carbocycles. The van der Waals surface area contributed by atoms with Gasteiger partial charge in [0, 0.05) is 12.6 Å². The molecule has 0 bridgehead atoms. The van der Waals surface area contributed by atoms with Gasteiger partial charge in [0.05, 0.1) is 12.0 Å². The summed E-state index contributed by atoms with van der Waals surface area (Å²) >= 11 is 0. The number of hydrogen-bond donors (Lipinski definition) is 3. The number of carbonyl (C=O) groups is 1. The molecule has 0 aliphatic heterocycles. The van der Waals surface area contributed by atoms with Crippen LogP contribution in [0.4, 0.5) is 0 Å². The molecule has 0 rings (SSSR count). The third-order valence-electron chi connectivity index (χ3n) is 3.20. The number of aliphatic imine (C=N–C) groups is 1. The molecule has 0 saturated carbocycles. The molecule has 0 saturated heterocycles. The van der Waals surface area contributed by atoms with Crippen molar-refractivity contribution in [2.24, 2.45) is 22.1 Å². The molecule has 0 heterocycles. The first-order valence-corrected chi connectivity index (χ1v) is 7.53. The number of guanidine groups is 1. The fourth-order valence-corrected chi connectivity index (χ4v) is 1.56. The summed E-state index contributed by atoms with van der Waals surface area (Å²) in [5.74, 6) is 1.12. The monoisotopic (exact) mass is 284 g/mol. The van der Waals surface area contributed by atoms with Crippen LogP contribution >= 0.6 is 0 Å². The number of amides is 1. The van der Waals surface area contributed by atoms with Gasteiger partial charge in [-0.3, -0.25) is 9.79 Å². The average molecular weight is 284 g/mol. The van der Waals surface area contributed by atoms with Crippen LogP contribution < -0.4 is 16.4 Å². The summed E-state index contributed by atoms with van der Waals surface area (Å²) in [6, 6.07) is 0.354. The minimum Gasteiger partial charge on any atom is -0.369 e. The number of rotatable bonds is 8. The molecule has 5 nitrogen and oxygen atoms in total. The van der Waals surface area contributed by atoms with Gasteiger partial charge in [-0.05, 0) is 46.5 Å². The first-order valence-electron chi connectivity index (χ1n) is 7.53. The van der Waals surface area contributed by atoms with Crippen LogP contribution in [0.5, 0.6) is 0 Å². The van der Waals surface area contributed by atoms with Crippen molar-refractivity contribution in [3.8, 4) is 0 Å². The van der Waals surface area contributed by atoms with Crippen LogP contribution in [0.25, 0.3) is 0 Å². The number of primary amides is 1. The highest BCUT2D eigenvalue weighted by Crippen LogP contribution is 2.14. The molecule has 0 fully saturated rings. The van der Waals surface area contributed by atoms with Crippen molar-refractivity contribution in [3.05, 3.63) is 0 Å². The Morgan fingerprint density at radius 3 is 2.30 bits per heavy atom. The maximum absolute atomic E-state index is 11.3. The van der Waals surface area contributed by atoms with E-state index in [1.165, 1.54) is 6.42 Å². The summed E-state index contributed by atoms with van der Waals surface area (Å²) in [5.41, 5.74) is 4.74. The lowest BCUT2D eigenvalue weighted by molar-refractivity contribution is -0.125. The second-order valence-corrected chi connectivity index (χ2v) is 6.46. The summed E-state index contributed by atoms with van der Waals surface area (Å²) in [7, 11) is 0. The van der Waals surface area contributed by atoms with Crippen molar-refractivity contribution in [1.29, 1.82) is 0 Å². The van der Waals surface area contributed by atoms with Gasteiger partial charge in [0.25, 0.3) is 0 Å². The molecule has 1 amide bonds. The zero-order valence-electron chi connectivity index (χ0n) is 13.9. The minimum atomic E-state index is -0.622. The van der Waals surface area contributed by atoms with E-state index in [-0.39, 0.29) is 5.91 Å². The van der Waals surface area contributed by atoms with Gasteiger partial charge in [0.1, 0.15) is 0 Å². The number of nitrogens with one attached hydrogen (secondary N) is 2. The van der Waals surface area contributed by atoms with Crippen LogP contribution in [-0.2, 0) is 4.79 Å². The molecular formula is C15H32N4O. The van der Waals surface area contributed by atoms with Crippen LogP contribution in [0.2, 0.25) is 0 Å². The molecule has 20 heavy (non-hydrogen) atoms. The lowest BCUT2D eigenvalue weighted by Gasteiger charge is -2.21. The summed E-state index contributed by atoms with van der Waals surface area (Å²) in [5, 5.41) is 6.57. The van der Waals surface area contributed by atoms with Crippen molar-refractivity contribution >= 4 is 11.9 Å². The number of hydrogen-bond acceptors (Lipinski definition) is 2. The Hall–Kier alpha value is -1.26. The largest absolute Gasteiger partial charge is 0.369 e. The number of nitrogens with two attached hydrogens (primary N) is 1. The predicted octanol–water partition coefficient (Wildman–Crippen LogP) is 1.88. The molecule has 5 heteroatoms. The Kier molecular flexibility index (Phi) is 8.26. The zero-order chi connectivity index (χ0) is 15.8. The molecule has 118 valence electrons. The van der Waals surface area contributed by atoms with Crippen molar-refractivity contribution in [2.45, 2.75) is 60.4 Å². The lowest BCUT2D eigenvalue weighted by Crippen LogP contribution is -2.43. The van der Waals surface area contributed by atoms with Crippen LogP contribution in [-0.4, -0.2) is 31.0 Å². The molecule has 0 aromatic rings. The Bertz CT molecular complexity index is 324. The summed E-state index contributed by atoms with van der Waals surface area (Å²) < 4.78 is 0.